The SMILES string of the molecule is CCc1nn(CC)c(CN(CCOC)CCC(N)=S)c1Br. The van der Waals surface area contributed by atoms with Crippen LogP contribution in [0.3, 0.4) is 0 Å². The van der Waals surface area contributed by atoms with Crippen LogP contribution in [-0.2, 0) is 24.2 Å². The van der Waals surface area contributed by atoms with Crippen LogP contribution < -0.4 is 5.73 Å². The van der Waals surface area contributed by atoms with Crippen molar-refractivity contribution in [1.82, 2.24) is 14.7 Å². The number of nitrogens with two attached hydrogens (primary N) is 1. The summed E-state index contributed by atoms with van der Waals surface area (Å²) in [6, 6.07) is 0. The van der Waals surface area contributed by atoms with E-state index in [-0.39, 0.29) is 0 Å². The number of aromatic nitrogens is 2. The first-order valence-electron chi connectivity index (χ1n) is 7.27. The van der Waals surface area contributed by atoms with Gasteiger partial charge in [-0.05, 0) is 29.3 Å². The van der Waals surface area contributed by atoms with E-state index in [0.29, 0.717) is 11.6 Å². The Morgan fingerprint density at radius 3 is 2.67 bits per heavy atom. The zero-order chi connectivity index (χ0) is 15.8. The van der Waals surface area contributed by atoms with Crippen molar-refractivity contribution in [2.45, 2.75) is 39.8 Å². The minimum absolute atomic E-state index is 0.551. The summed E-state index contributed by atoms with van der Waals surface area (Å²) in [5.41, 5.74) is 7.93. The summed E-state index contributed by atoms with van der Waals surface area (Å²) in [4.78, 5) is 2.85. The van der Waals surface area contributed by atoms with Gasteiger partial charge < -0.3 is 10.5 Å². The number of nitrogens with zero attached hydrogens (tertiary/aromatic N) is 3. The maximum absolute atomic E-state index is 5.62. The molecule has 0 aliphatic rings. The quantitative estimate of drug-likeness (QED) is 0.635. The number of halogens is 1. The molecule has 1 aromatic heterocycles. The van der Waals surface area contributed by atoms with Crippen molar-refractivity contribution in [2.24, 2.45) is 5.73 Å². The molecule has 0 saturated heterocycles. The van der Waals surface area contributed by atoms with E-state index in [1.165, 1.54) is 5.69 Å². The predicted octanol–water partition coefficient (Wildman–Crippen LogP) is 2.35. The largest absolute Gasteiger partial charge is 0.393 e. The number of rotatable bonds is 10. The van der Waals surface area contributed by atoms with E-state index >= 15 is 0 Å². The van der Waals surface area contributed by atoms with Crippen molar-refractivity contribution in [3.05, 3.63) is 15.9 Å². The third kappa shape index (κ3) is 5.65. The second kappa shape index (κ2) is 9.50. The van der Waals surface area contributed by atoms with Gasteiger partial charge in [0, 0.05) is 39.7 Å². The van der Waals surface area contributed by atoms with E-state index < -0.39 is 0 Å². The Morgan fingerprint density at radius 1 is 1.43 bits per heavy atom. The van der Waals surface area contributed by atoms with E-state index in [9.17, 15) is 0 Å². The summed E-state index contributed by atoms with van der Waals surface area (Å²) in [5.74, 6) is 0. The smallest absolute Gasteiger partial charge is 0.0767 e. The monoisotopic (exact) mass is 376 g/mol. The molecule has 2 N–H and O–H groups in total. The third-order valence-corrected chi connectivity index (χ3v) is 4.47. The summed E-state index contributed by atoms with van der Waals surface area (Å²) in [6.07, 6.45) is 1.64. The lowest BCUT2D eigenvalue weighted by Gasteiger charge is -2.22. The Morgan fingerprint density at radius 2 is 2.14 bits per heavy atom. The van der Waals surface area contributed by atoms with Gasteiger partial charge in [-0.1, -0.05) is 19.1 Å². The molecule has 0 saturated carbocycles. The molecule has 0 amide bonds. The lowest BCUT2D eigenvalue weighted by molar-refractivity contribution is 0.144. The Balaban J connectivity index is 2.85. The number of hydrogen-bond acceptors (Lipinski definition) is 4. The molecule has 5 nitrogen and oxygen atoms in total. The zero-order valence-electron chi connectivity index (χ0n) is 13.1. The standard InChI is InChI=1S/C14H25BrN4OS/c1-4-11-14(15)12(19(5-2)17-11)10-18(8-9-20-3)7-6-13(16)21/h4-10H2,1-3H3,(H2,16,21). The van der Waals surface area contributed by atoms with E-state index in [1.54, 1.807) is 7.11 Å². The predicted molar refractivity (Wildman–Crippen MR) is 93.5 cm³/mol. The fourth-order valence-electron chi connectivity index (χ4n) is 2.14. The number of aryl methyl sites for hydroxylation is 2. The van der Waals surface area contributed by atoms with Crippen LogP contribution >= 0.6 is 28.1 Å². The van der Waals surface area contributed by atoms with Gasteiger partial charge in [0.2, 0.25) is 0 Å². The van der Waals surface area contributed by atoms with Gasteiger partial charge in [0.15, 0.2) is 0 Å². The molecule has 120 valence electrons. The highest BCUT2D eigenvalue weighted by Gasteiger charge is 2.17. The summed E-state index contributed by atoms with van der Waals surface area (Å²) in [7, 11) is 1.72. The molecule has 0 unspecified atom stereocenters. The fraction of sp³-hybridized carbons (Fsp3) is 0.714. The number of methoxy groups -OCH3 is 1. The molecule has 1 rings (SSSR count). The van der Waals surface area contributed by atoms with Crippen LogP contribution in [0.25, 0.3) is 0 Å². The molecule has 1 heterocycles. The van der Waals surface area contributed by atoms with Gasteiger partial charge in [-0.25, -0.2) is 0 Å². The first-order chi connectivity index (χ1) is 10.0. The van der Waals surface area contributed by atoms with Gasteiger partial charge in [-0.15, -0.1) is 0 Å². The Kier molecular flexibility index (Phi) is 8.39. The van der Waals surface area contributed by atoms with Crippen LogP contribution in [-0.4, -0.2) is 46.5 Å². The molecular weight excluding hydrogens is 352 g/mol. The average molecular weight is 377 g/mol. The number of hydrogen-bond donors (Lipinski definition) is 1. The van der Waals surface area contributed by atoms with Crippen molar-refractivity contribution >= 4 is 33.1 Å². The zero-order valence-corrected chi connectivity index (χ0v) is 15.5. The first-order valence-corrected chi connectivity index (χ1v) is 8.47. The van der Waals surface area contributed by atoms with Crippen LogP contribution in [0.2, 0.25) is 0 Å². The lowest BCUT2D eigenvalue weighted by Crippen LogP contribution is -2.31. The van der Waals surface area contributed by atoms with Crippen molar-refractivity contribution in [3.8, 4) is 0 Å². The van der Waals surface area contributed by atoms with Gasteiger partial charge in [0.25, 0.3) is 0 Å². The maximum Gasteiger partial charge on any atom is 0.0767 e. The Labute approximate surface area is 140 Å². The Bertz CT molecular complexity index is 464. The minimum Gasteiger partial charge on any atom is -0.393 e. The molecule has 7 heteroatoms. The van der Waals surface area contributed by atoms with Crippen LogP contribution in [0.15, 0.2) is 4.47 Å². The molecule has 1 aromatic rings. The molecule has 0 atom stereocenters. The summed E-state index contributed by atoms with van der Waals surface area (Å²) in [5, 5.41) is 4.64. The molecule has 21 heavy (non-hydrogen) atoms. The fourth-order valence-corrected chi connectivity index (χ4v) is 2.92. The molecule has 0 spiro atoms. The third-order valence-electron chi connectivity index (χ3n) is 3.35. The van der Waals surface area contributed by atoms with Gasteiger partial charge in [0.05, 0.1) is 27.5 Å². The van der Waals surface area contributed by atoms with Crippen molar-refractivity contribution in [3.63, 3.8) is 0 Å². The van der Waals surface area contributed by atoms with Gasteiger partial charge in [0.1, 0.15) is 0 Å². The van der Waals surface area contributed by atoms with Gasteiger partial charge >= 0.3 is 0 Å². The molecule has 0 radical (unpaired) electrons. The second-order valence-corrected chi connectivity index (χ2v) is 6.18. The van der Waals surface area contributed by atoms with Crippen LogP contribution in [0.1, 0.15) is 31.7 Å². The molecule has 0 aliphatic heterocycles. The van der Waals surface area contributed by atoms with E-state index in [0.717, 1.165) is 49.2 Å². The summed E-state index contributed by atoms with van der Waals surface area (Å²) >= 11 is 8.67. The van der Waals surface area contributed by atoms with Gasteiger partial charge in [-0.3, -0.25) is 9.58 Å². The van der Waals surface area contributed by atoms with Crippen molar-refractivity contribution < 1.29 is 4.74 Å². The van der Waals surface area contributed by atoms with Crippen LogP contribution in [0.5, 0.6) is 0 Å². The van der Waals surface area contributed by atoms with E-state index in [1.807, 2.05) is 0 Å². The van der Waals surface area contributed by atoms with Crippen LogP contribution in [0.4, 0.5) is 0 Å². The molecule has 0 fully saturated rings. The molecule has 0 aliphatic carbocycles. The molecule has 0 bridgehead atoms. The highest BCUT2D eigenvalue weighted by atomic mass is 79.9. The Hall–Kier alpha value is -0.500. The van der Waals surface area contributed by atoms with Gasteiger partial charge in [-0.2, -0.15) is 5.10 Å². The minimum atomic E-state index is 0.551. The maximum atomic E-state index is 5.62. The number of thiocarbonyl (C=S) groups is 1. The lowest BCUT2D eigenvalue weighted by atomic mass is 10.2. The van der Waals surface area contributed by atoms with Crippen LogP contribution in [0, 0.1) is 0 Å². The summed E-state index contributed by atoms with van der Waals surface area (Å²) in [6.45, 7) is 8.28. The summed E-state index contributed by atoms with van der Waals surface area (Å²) < 4.78 is 8.36. The highest BCUT2D eigenvalue weighted by Crippen LogP contribution is 2.23. The first kappa shape index (κ1) is 18.5. The normalized spacial score (nSPS) is 11.3. The van der Waals surface area contributed by atoms with Crippen molar-refractivity contribution in [2.75, 3.05) is 26.8 Å². The van der Waals surface area contributed by atoms with E-state index in [4.69, 9.17) is 22.7 Å². The number of ether oxygens (including phenoxy) is 1. The highest BCUT2D eigenvalue weighted by molar-refractivity contribution is 9.10. The topological polar surface area (TPSA) is 56.3 Å². The second-order valence-electron chi connectivity index (χ2n) is 4.86. The molecular formula is C14H25BrN4OS. The molecule has 0 aromatic carbocycles. The average Bonchev–Trinajstić information content (AvgIpc) is 2.77. The van der Waals surface area contributed by atoms with E-state index in [2.05, 4.69) is 44.5 Å². The van der Waals surface area contributed by atoms with Crippen molar-refractivity contribution in [1.29, 1.82) is 0 Å².